The first kappa shape index (κ1) is 19.1. The number of hydrogen-bond donors (Lipinski definition) is 0. The summed E-state index contributed by atoms with van der Waals surface area (Å²) in [5, 5.41) is 0. The molecule has 27 heavy (non-hydrogen) atoms. The van der Waals surface area contributed by atoms with Crippen LogP contribution in [0, 0.1) is 29.1 Å². The predicted octanol–water partition coefficient (Wildman–Crippen LogP) is 6.39. The summed E-state index contributed by atoms with van der Waals surface area (Å²) >= 11 is 0. The lowest BCUT2D eigenvalue weighted by atomic mass is 9.51. The fourth-order valence-electron chi connectivity index (χ4n) is 6.56. The van der Waals surface area contributed by atoms with Crippen LogP contribution >= 0.6 is 0 Å². The molecule has 0 spiro atoms. The van der Waals surface area contributed by atoms with E-state index in [0.29, 0.717) is 23.7 Å². The highest BCUT2D eigenvalue weighted by atomic mass is 28.4. The Morgan fingerprint density at radius 1 is 1.15 bits per heavy atom. The van der Waals surface area contributed by atoms with E-state index in [2.05, 4.69) is 64.7 Å². The van der Waals surface area contributed by atoms with Gasteiger partial charge in [0.2, 0.25) is 8.32 Å². The van der Waals surface area contributed by atoms with Gasteiger partial charge in [-0.15, -0.1) is 0 Å². The van der Waals surface area contributed by atoms with Gasteiger partial charge in [-0.25, -0.2) is 0 Å². The Kier molecular flexibility index (Phi) is 4.53. The van der Waals surface area contributed by atoms with Crippen LogP contribution in [0.1, 0.15) is 50.7 Å². The standard InChI is InChI=1S/C24H36O2Si/c1-15-12-17-14-18(25-4)8-9-19(17)20-10-11-24(3)21(26-27(5,6)7)13-16(2)23(24)22(15)20/h8-9,13-16,20,22-23H,10-12H2,1-7H3/t15-,16-,20-,22-,23+,24-/m1/s1. The molecule has 0 N–H and O–H groups in total. The third-order valence-corrected chi connectivity index (χ3v) is 8.33. The summed E-state index contributed by atoms with van der Waals surface area (Å²) in [4.78, 5) is 0. The zero-order valence-electron chi connectivity index (χ0n) is 18.1. The van der Waals surface area contributed by atoms with E-state index in [1.807, 2.05) is 0 Å². The van der Waals surface area contributed by atoms with Gasteiger partial charge >= 0.3 is 0 Å². The Morgan fingerprint density at radius 2 is 1.89 bits per heavy atom. The van der Waals surface area contributed by atoms with Crippen LogP contribution in [-0.4, -0.2) is 15.4 Å². The second kappa shape index (κ2) is 6.40. The van der Waals surface area contributed by atoms with Crippen LogP contribution in [-0.2, 0) is 10.8 Å². The molecule has 2 nitrogen and oxygen atoms in total. The zero-order chi connectivity index (χ0) is 19.6. The molecule has 148 valence electrons. The second-order valence-corrected chi connectivity index (χ2v) is 14.9. The van der Waals surface area contributed by atoms with Crippen molar-refractivity contribution in [2.24, 2.45) is 29.1 Å². The van der Waals surface area contributed by atoms with Crippen LogP contribution in [0.25, 0.3) is 0 Å². The molecule has 0 bridgehead atoms. The molecule has 0 aliphatic heterocycles. The molecule has 1 saturated carbocycles. The molecule has 0 unspecified atom stereocenters. The lowest BCUT2D eigenvalue weighted by Crippen LogP contribution is -2.47. The monoisotopic (exact) mass is 384 g/mol. The minimum absolute atomic E-state index is 0.221. The van der Waals surface area contributed by atoms with Gasteiger partial charge in [0.05, 0.1) is 12.9 Å². The zero-order valence-corrected chi connectivity index (χ0v) is 19.1. The van der Waals surface area contributed by atoms with Crippen molar-refractivity contribution in [1.82, 2.24) is 0 Å². The Labute approximate surface area is 166 Å². The van der Waals surface area contributed by atoms with Crippen LogP contribution in [0.5, 0.6) is 5.75 Å². The smallest absolute Gasteiger partial charge is 0.241 e. The van der Waals surface area contributed by atoms with Gasteiger partial charge in [-0.3, -0.25) is 0 Å². The highest BCUT2D eigenvalue weighted by Gasteiger charge is 2.57. The number of ether oxygens (including phenoxy) is 1. The summed E-state index contributed by atoms with van der Waals surface area (Å²) in [6, 6.07) is 6.80. The summed E-state index contributed by atoms with van der Waals surface area (Å²) in [5.74, 6) is 5.78. The van der Waals surface area contributed by atoms with E-state index in [-0.39, 0.29) is 5.41 Å². The van der Waals surface area contributed by atoms with Crippen molar-refractivity contribution in [2.45, 2.75) is 65.6 Å². The Balaban J connectivity index is 1.70. The van der Waals surface area contributed by atoms with Crippen LogP contribution in [0.3, 0.4) is 0 Å². The molecule has 1 aromatic rings. The minimum atomic E-state index is -1.59. The predicted molar refractivity (Wildman–Crippen MR) is 115 cm³/mol. The summed E-state index contributed by atoms with van der Waals surface area (Å²) < 4.78 is 12.1. The molecule has 3 heteroatoms. The van der Waals surface area contributed by atoms with Gasteiger partial charge in [0.25, 0.3) is 0 Å². The average Bonchev–Trinajstić information content (AvgIpc) is 2.83. The molecule has 0 amide bonds. The maximum absolute atomic E-state index is 6.64. The van der Waals surface area contributed by atoms with Crippen LogP contribution in [0.15, 0.2) is 30.0 Å². The van der Waals surface area contributed by atoms with E-state index < -0.39 is 8.32 Å². The quantitative estimate of drug-likeness (QED) is 0.562. The molecular formula is C24H36O2Si. The first-order chi connectivity index (χ1) is 12.6. The molecule has 3 aliphatic carbocycles. The van der Waals surface area contributed by atoms with Gasteiger partial charge in [0.1, 0.15) is 5.75 Å². The number of benzene rings is 1. The van der Waals surface area contributed by atoms with Crippen molar-refractivity contribution >= 4 is 8.32 Å². The maximum atomic E-state index is 6.64. The molecule has 0 radical (unpaired) electrons. The number of hydrogen-bond acceptors (Lipinski definition) is 2. The Hall–Kier alpha value is -1.22. The van der Waals surface area contributed by atoms with Gasteiger partial charge in [0, 0.05) is 5.41 Å². The van der Waals surface area contributed by atoms with Crippen molar-refractivity contribution in [3.05, 3.63) is 41.2 Å². The molecule has 1 aromatic carbocycles. The third-order valence-electron chi connectivity index (χ3n) is 7.50. The number of methoxy groups -OCH3 is 1. The SMILES string of the molecule is COc1ccc2c(c1)C[C@@H](C)[C@H]1[C@@H]3[C@H](C)C=C(O[Si](C)(C)C)[C@@]3(C)CC[C@H]21. The first-order valence-corrected chi connectivity index (χ1v) is 14.1. The Bertz CT molecular complexity index is 762. The van der Waals surface area contributed by atoms with Crippen LogP contribution < -0.4 is 4.74 Å². The molecule has 6 atom stereocenters. The number of rotatable bonds is 3. The van der Waals surface area contributed by atoms with Crippen molar-refractivity contribution in [1.29, 1.82) is 0 Å². The summed E-state index contributed by atoms with van der Waals surface area (Å²) in [5.41, 5.74) is 3.33. The Morgan fingerprint density at radius 3 is 2.56 bits per heavy atom. The van der Waals surface area contributed by atoms with E-state index in [9.17, 15) is 0 Å². The lowest BCUT2D eigenvalue weighted by molar-refractivity contribution is 0.00578. The van der Waals surface area contributed by atoms with Gasteiger partial charge < -0.3 is 9.16 Å². The van der Waals surface area contributed by atoms with E-state index >= 15 is 0 Å². The fraction of sp³-hybridized carbons (Fsp3) is 0.667. The molecule has 0 saturated heterocycles. The van der Waals surface area contributed by atoms with E-state index in [4.69, 9.17) is 9.16 Å². The molecule has 0 heterocycles. The highest BCUT2D eigenvalue weighted by molar-refractivity contribution is 6.70. The summed E-state index contributed by atoms with van der Waals surface area (Å²) in [6.07, 6.45) is 6.19. The average molecular weight is 385 g/mol. The second-order valence-electron chi connectivity index (χ2n) is 10.5. The van der Waals surface area contributed by atoms with Gasteiger partial charge in [-0.1, -0.05) is 26.8 Å². The van der Waals surface area contributed by atoms with E-state index in [1.54, 1.807) is 12.7 Å². The number of fused-ring (bicyclic) bond motifs is 5. The molecule has 0 aromatic heterocycles. The highest BCUT2D eigenvalue weighted by Crippen LogP contribution is 2.64. The first-order valence-electron chi connectivity index (χ1n) is 10.7. The number of allylic oxidation sites excluding steroid dienone is 2. The van der Waals surface area contributed by atoms with Gasteiger partial charge in [-0.2, -0.15) is 0 Å². The van der Waals surface area contributed by atoms with E-state index in [1.165, 1.54) is 30.6 Å². The molecule has 1 fully saturated rings. The third kappa shape index (κ3) is 3.06. The summed E-state index contributed by atoms with van der Waals surface area (Å²) in [7, 11) is 0.186. The summed E-state index contributed by atoms with van der Waals surface area (Å²) in [6.45, 7) is 14.4. The minimum Gasteiger partial charge on any atom is -0.547 e. The molecule has 4 rings (SSSR count). The van der Waals surface area contributed by atoms with Crippen molar-refractivity contribution < 1.29 is 9.16 Å². The van der Waals surface area contributed by atoms with Crippen molar-refractivity contribution in [3.63, 3.8) is 0 Å². The van der Waals surface area contributed by atoms with E-state index in [0.717, 1.165) is 11.7 Å². The molecular weight excluding hydrogens is 348 g/mol. The fourth-order valence-corrected chi connectivity index (χ4v) is 7.53. The van der Waals surface area contributed by atoms with Crippen LogP contribution in [0.4, 0.5) is 0 Å². The largest absolute Gasteiger partial charge is 0.547 e. The topological polar surface area (TPSA) is 18.5 Å². The van der Waals surface area contributed by atoms with Crippen molar-refractivity contribution in [2.75, 3.05) is 7.11 Å². The van der Waals surface area contributed by atoms with Crippen molar-refractivity contribution in [3.8, 4) is 5.75 Å². The normalized spacial score (nSPS) is 37.7. The van der Waals surface area contributed by atoms with Gasteiger partial charge in [0.15, 0.2) is 0 Å². The lowest BCUT2D eigenvalue weighted by Gasteiger charge is -2.53. The van der Waals surface area contributed by atoms with Crippen LogP contribution in [0.2, 0.25) is 19.6 Å². The molecule has 3 aliphatic rings. The van der Waals surface area contributed by atoms with Gasteiger partial charge in [-0.05, 0) is 97.8 Å². The maximum Gasteiger partial charge on any atom is 0.241 e.